The van der Waals surface area contributed by atoms with E-state index in [1.54, 1.807) is 0 Å². The normalized spacial score (nSPS) is 14.1. The molecule has 1 nitrogen and oxygen atoms in total. The van der Waals surface area contributed by atoms with E-state index in [9.17, 15) is 5.11 Å². The predicted molar refractivity (Wildman–Crippen MR) is 85.1 cm³/mol. The van der Waals surface area contributed by atoms with Crippen molar-refractivity contribution in [1.82, 2.24) is 0 Å². The number of hydrogen-bond acceptors (Lipinski definition) is 1. The van der Waals surface area contributed by atoms with E-state index < -0.39 is 5.60 Å². The highest BCUT2D eigenvalue weighted by molar-refractivity contribution is 5.35. The van der Waals surface area contributed by atoms with Crippen LogP contribution in [-0.2, 0) is 12.0 Å². The molecule has 2 aromatic rings. The average molecular weight is 268 g/mol. The quantitative estimate of drug-likeness (QED) is 0.876. The molecule has 0 aromatic heterocycles. The zero-order valence-electron chi connectivity index (χ0n) is 13.1. The molecule has 20 heavy (non-hydrogen) atoms. The van der Waals surface area contributed by atoms with Gasteiger partial charge in [-0.25, -0.2) is 0 Å². The summed E-state index contributed by atoms with van der Waals surface area (Å²) in [6.45, 7) is 10.3. The van der Waals surface area contributed by atoms with Gasteiger partial charge in [-0.3, -0.25) is 0 Å². The van der Waals surface area contributed by atoms with E-state index in [0.29, 0.717) is 6.42 Å². The summed E-state index contributed by atoms with van der Waals surface area (Å²) >= 11 is 0. The zero-order chi connectivity index (χ0) is 14.9. The van der Waals surface area contributed by atoms with Crippen molar-refractivity contribution >= 4 is 0 Å². The lowest BCUT2D eigenvalue weighted by Gasteiger charge is -2.25. The fraction of sp³-hybridized carbons (Fsp3) is 0.368. The van der Waals surface area contributed by atoms with Crippen molar-refractivity contribution in [2.24, 2.45) is 0 Å². The summed E-state index contributed by atoms with van der Waals surface area (Å²) in [6.07, 6.45) is 0.636. The van der Waals surface area contributed by atoms with Gasteiger partial charge in [-0.1, -0.05) is 47.5 Å². The minimum Gasteiger partial charge on any atom is -0.385 e. The molecular weight excluding hydrogens is 244 g/mol. The summed E-state index contributed by atoms with van der Waals surface area (Å²) in [5.41, 5.74) is 6.29. The molecule has 0 amide bonds. The van der Waals surface area contributed by atoms with Crippen molar-refractivity contribution in [3.63, 3.8) is 0 Å². The Labute approximate surface area is 122 Å². The van der Waals surface area contributed by atoms with Gasteiger partial charge in [0.25, 0.3) is 0 Å². The fourth-order valence-corrected chi connectivity index (χ4v) is 2.70. The van der Waals surface area contributed by atoms with Crippen molar-refractivity contribution in [2.45, 2.75) is 46.6 Å². The third-order valence-corrected chi connectivity index (χ3v) is 3.96. The number of aryl methyl sites for hydroxylation is 4. The maximum atomic E-state index is 10.8. The molecule has 0 aliphatic rings. The van der Waals surface area contributed by atoms with Gasteiger partial charge in [-0.2, -0.15) is 0 Å². The number of aliphatic hydroxyl groups is 1. The SMILES string of the molecule is Cc1cc(C)cc(C(C)(O)Cc2ccc(C)c(C)c2)c1. The van der Waals surface area contributed by atoms with Crippen LogP contribution in [0.3, 0.4) is 0 Å². The van der Waals surface area contributed by atoms with Gasteiger partial charge in [0.1, 0.15) is 0 Å². The first kappa shape index (κ1) is 14.8. The van der Waals surface area contributed by atoms with Crippen LogP contribution in [0.25, 0.3) is 0 Å². The first-order chi connectivity index (χ1) is 9.28. The molecule has 2 aromatic carbocycles. The van der Waals surface area contributed by atoms with Crippen molar-refractivity contribution in [3.05, 3.63) is 69.8 Å². The van der Waals surface area contributed by atoms with E-state index in [0.717, 1.165) is 5.56 Å². The molecule has 1 N–H and O–H groups in total. The van der Waals surface area contributed by atoms with Gasteiger partial charge in [0.2, 0.25) is 0 Å². The maximum absolute atomic E-state index is 10.8. The molecule has 1 unspecified atom stereocenters. The van der Waals surface area contributed by atoms with E-state index >= 15 is 0 Å². The van der Waals surface area contributed by atoms with Gasteiger partial charge in [-0.05, 0) is 56.9 Å². The van der Waals surface area contributed by atoms with Crippen LogP contribution in [0.4, 0.5) is 0 Å². The molecule has 0 bridgehead atoms. The smallest absolute Gasteiger partial charge is 0.0908 e. The van der Waals surface area contributed by atoms with Gasteiger partial charge in [0.15, 0.2) is 0 Å². The Kier molecular flexibility index (Phi) is 4.01. The monoisotopic (exact) mass is 268 g/mol. The second kappa shape index (κ2) is 5.41. The first-order valence-electron chi connectivity index (χ1n) is 7.15. The molecule has 0 spiro atoms. The summed E-state index contributed by atoms with van der Waals surface area (Å²) in [7, 11) is 0. The third kappa shape index (κ3) is 3.29. The lowest BCUT2D eigenvalue weighted by Crippen LogP contribution is -2.24. The van der Waals surface area contributed by atoms with Gasteiger partial charge in [-0.15, -0.1) is 0 Å². The number of rotatable bonds is 3. The van der Waals surface area contributed by atoms with Gasteiger partial charge in [0.05, 0.1) is 5.60 Å². The highest BCUT2D eigenvalue weighted by Crippen LogP contribution is 2.27. The lowest BCUT2D eigenvalue weighted by molar-refractivity contribution is 0.0575. The zero-order valence-corrected chi connectivity index (χ0v) is 13.1. The Morgan fingerprint density at radius 3 is 2.00 bits per heavy atom. The Bertz CT molecular complexity index is 603. The highest BCUT2D eigenvalue weighted by atomic mass is 16.3. The second-order valence-corrected chi connectivity index (χ2v) is 6.25. The Morgan fingerprint density at radius 2 is 1.45 bits per heavy atom. The second-order valence-electron chi connectivity index (χ2n) is 6.25. The molecule has 1 heteroatoms. The number of benzene rings is 2. The Balaban J connectivity index is 2.32. The van der Waals surface area contributed by atoms with E-state index in [1.807, 2.05) is 6.92 Å². The molecule has 0 saturated carbocycles. The molecule has 0 saturated heterocycles. The predicted octanol–water partition coefficient (Wildman–Crippen LogP) is 4.37. The van der Waals surface area contributed by atoms with Crippen molar-refractivity contribution in [2.75, 3.05) is 0 Å². The van der Waals surface area contributed by atoms with E-state index in [2.05, 4.69) is 64.1 Å². The minimum atomic E-state index is -0.835. The van der Waals surface area contributed by atoms with E-state index in [-0.39, 0.29) is 0 Å². The highest BCUT2D eigenvalue weighted by Gasteiger charge is 2.24. The van der Waals surface area contributed by atoms with Crippen molar-refractivity contribution < 1.29 is 5.11 Å². The van der Waals surface area contributed by atoms with Gasteiger partial charge >= 0.3 is 0 Å². The number of hydrogen-bond donors (Lipinski definition) is 1. The minimum absolute atomic E-state index is 0.636. The van der Waals surface area contributed by atoms with E-state index in [4.69, 9.17) is 0 Å². The molecule has 106 valence electrons. The fourth-order valence-electron chi connectivity index (χ4n) is 2.70. The Morgan fingerprint density at radius 1 is 0.850 bits per heavy atom. The van der Waals surface area contributed by atoms with Gasteiger partial charge in [0, 0.05) is 6.42 Å². The average Bonchev–Trinajstić information content (AvgIpc) is 2.32. The van der Waals surface area contributed by atoms with Crippen molar-refractivity contribution in [3.8, 4) is 0 Å². The van der Waals surface area contributed by atoms with Crippen LogP contribution >= 0.6 is 0 Å². The summed E-state index contributed by atoms with van der Waals surface area (Å²) < 4.78 is 0. The third-order valence-electron chi connectivity index (χ3n) is 3.96. The van der Waals surface area contributed by atoms with Crippen LogP contribution in [0.5, 0.6) is 0 Å². The van der Waals surface area contributed by atoms with Crippen LogP contribution < -0.4 is 0 Å². The maximum Gasteiger partial charge on any atom is 0.0908 e. The van der Waals surface area contributed by atoms with Crippen molar-refractivity contribution in [1.29, 1.82) is 0 Å². The van der Waals surface area contributed by atoms with Crippen LogP contribution in [-0.4, -0.2) is 5.11 Å². The topological polar surface area (TPSA) is 20.2 Å². The molecule has 2 rings (SSSR count). The Hall–Kier alpha value is -1.60. The molecule has 0 heterocycles. The summed E-state index contributed by atoms with van der Waals surface area (Å²) in [5.74, 6) is 0. The summed E-state index contributed by atoms with van der Waals surface area (Å²) in [5, 5.41) is 10.8. The van der Waals surface area contributed by atoms with Crippen LogP contribution in [0.15, 0.2) is 36.4 Å². The largest absolute Gasteiger partial charge is 0.385 e. The lowest BCUT2D eigenvalue weighted by atomic mass is 9.86. The van der Waals surface area contributed by atoms with Crippen LogP contribution in [0.1, 0.15) is 40.3 Å². The molecular formula is C19H24O. The van der Waals surface area contributed by atoms with E-state index in [1.165, 1.54) is 27.8 Å². The van der Waals surface area contributed by atoms with Gasteiger partial charge < -0.3 is 5.11 Å². The molecule has 0 aliphatic heterocycles. The molecule has 0 aliphatic carbocycles. The van der Waals surface area contributed by atoms with Crippen LogP contribution in [0, 0.1) is 27.7 Å². The standard InChI is InChI=1S/C19H24O/c1-13-8-14(2)10-18(9-13)19(5,20)12-17-7-6-15(3)16(4)11-17/h6-11,20H,12H2,1-5H3. The molecule has 0 radical (unpaired) electrons. The summed E-state index contributed by atoms with van der Waals surface area (Å²) in [6, 6.07) is 12.7. The summed E-state index contributed by atoms with van der Waals surface area (Å²) in [4.78, 5) is 0. The van der Waals surface area contributed by atoms with Crippen LogP contribution in [0.2, 0.25) is 0 Å². The molecule has 0 fully saturated rings. The molecule has 1 atom stereocenters. The first-order valence-corrected chi connectivity index (χ1v) is 7.15.